The number of hydrogen-bond donors (Lipinski definition) is 0. The van der Waals surface area contributed by atoms with Crippen LogP contribution in [-0.2, 0) is 0 Å². The second-order valence-corrected chi connectivity index (χ2v) is 15.1. The Balaban J connectivity index is 1.15. The van der Waals surface area contributed by atoms with Gasteiger partial charge in [0.15, 0.2) is 0 Å². The van der Waals surface area contributed by atoms with Crippen LogP contribution in [0.1, 0.15) is 0 Å². The van der Waals surface area contributed by atoms with E-state index >= 15 is 0 Å². The summed E-state index contributed by atoms with van der Waals surface area (Å²) in [7, 11) is 0. The van der Waals surface area contributed by atoms with Gasteiger partial charge in [-0.15, -0.1) is 0 Å². The molecule has 0 amide bonds. The fourth-order valence-electron chi connectivity index (χ4n) is 9.30. The van der Waals surface area contributed by atoms with Crippen molar-refractivity contribution in [2.24, 2.45) is 0 Å². The molecule has 3 nitrogen and oxygen atoms in total. The second kappa shape index (κ2) is 12.9. The van der Waals surface area contributed by atoms with Crippen LogP contribution in [0, 0.1) is 0 Å². The van der Waals surface area contributed by atoms with E-state index in [2.05, 4.69) is 221 Å². The van der Waals surface area contributed by atoms with Gasteiger partial charge in [-0.05, 0) is 81.2 Å². The average molecular weight is 738 g/mol. The minimum Gasteiger partial charge on any atom is -0.309 e. The summed E-state index contributed by atoms with van der Waals surface area (Å²) in [6.45, 7) is 0. The van der Waals surface area contributed by atoms with Crippen molar-refractivity contribution in [2.75, 3.05) is 0 Å². The first-order valence-corrected chi connectivity index (χ1v) is 19.9. The molecule has 0 spiro atoms. The van der Waals surface area contributed by atoms with Crippen LogP contribution in [0.5, 0.6) is 0 Å². The molecule has 9 aromatic carbocycles. The Morgan fingerprint density at radius 2 is 0.966 bits per heavy atom. The van der Waals surface area contributed by atoms with Crippen LogP contribution in [0.15, 0.2) is 212 Å². The van der Waals surface area contributed by atoms with Gasteiger partial charge in [0.1, 0.15) is 0 Å². The number of benzene rings is 9. The lowest BCUT2D eigenvalue weighted by Crippen LogP contribution is -1.99. The van der Waals surface area contributed by atoms with Crippen LogP contribution in [0.4, 0.5) is 0 Å². The molecule has 0 atom stereocenters. The first-order valence-electron chi connectivity index (χ1n) is 19.9. The van der Waals surface area contributed by atoms with E-state index in [0.29, 0.717) is 0 Å². The van der Waals surface area contributed by atoms with Crippen molar-refractivity contribution in [1.82, 2.24) is 14.1 Å². The fourth-order valence-corrected chi connectivity index (χ4v) is 9.30. The predicted molar refractivity (Wildman–Crippen MR) is 244 cm³/mol. The summed E-state index contributed by atoms with van der Waals surface area (Å²) in [5.74, 6) is 0. The van der Waals surface area contributed by atoms with Gasteiger partial charge < -0.3 is 9.13 Å². The number of pyridine rings is 1. The highest BCUT2D eigenvalue weighted by molar-refractivity contribution is 6.26. The third kappa shape index (κ3) is 4.97. The molecule has 0 aliphatic heterocycles. The third-order valence-corrected chi connectivity index (χ3v) is 11.9. The Hall–Kier alpha value is -7.75. The number of aromatic nitrogens is 3. The smallest absolute Gasteiger partial charge is 0.0736 e. The first-order chi connectivity index (χ1) is 28.8. The van der Waals surface area contributed by atoms with Crippen molar-refractivity contribution in [1.29, 1.82) is 0 Å². The molecule has 0 unspecified atom stereocenters. The lowest BCUT2D eigenvalue weighted by Gasteiger charge is -2.16. The molecule has 270 valence electrons. The van der Waals surface area contributed by atoms with E-state index in [-0.39, 0.29) is 0 Å². The summed E-state index contributed by atoms with van der Waals surface area (Å²) in [6.07, 6.45) is 0. The molecule has 3 heteroatoms. The molecule has 12 rings (SSSR count). The summed E-state index contributed by atoms with van der Waals surface area (Å²) in [6, 6.07) is 76.8. The molecule has 0 radical (unpaired) electrons. The van der Waals surface area contributed by atoms with E-state index < -0.39 is 0 Å². The molecule has 12 aromatic rings. The Kier molecular flexibility index (Phi) is 7.23. The van der Waals surface area contributed by atoms with Crippen molar-refractivity contribution in [3.63, 3.8) is 0 Å². The maximum Gasteiger partial charge on any atom is 0.0736 e. The van der Waals surface area contributed by atoms with Gasteiger partial charge in [-0.3, -0.25) is 0 Å². The number of hydrogen-bond acceptors (Lipinski definition) is 1. The maximum absolute atomic E-state index is 5.45. The number of fused-ring (bicyclic) bond motifs is 9. The van der Waals surface area contributed by atoms with E-state index in [1.54, 1.807) is 0 Å². The van der Waals surface area contributed by atoms with Crippen LogP contribution < -0.4 is 0 Å². The van der Waals surface area contributed by atoms with E-state index in [0.717, 1.165) is 50.5 Å². The van der Waals surface area contributed by atoms with Crippen LogP contribution in [0.3, 0.4) is 0 Å². The van der Waals surface area contributed by atoms with Gasteiger partial charge in [-0.1, -0.05) is 164 Å². The zero-order chi connectivity index (χ0) is 38.2. The highest BCUT2D eigenvalue weighted by Crippen LogP contribution is 2.44. The molecule has 0 fully saturated rings. The van der Waals surface area contributed by atoms with Crippen molar-refractivity contribution in [3.05, 3.63) is 212 Å². The van der Waals surface area contributed by atoms with E-state index in [1.807, 2.05) is 0 Å². The minimum atomic E-state index is 0.928. The van der Waals surface area contributed by atoms with Gasteiger partial charge in [0.25, 0.3) is 0 Å². The van der Waals surface area contributed by atoms with Crippen molar-refractivity contribution in [3.8, 4) is 45.0 Å². The normalized spacial score (nSPS) is 11.8. The highest BCUT2D eigenvalue weighted by atomic mass is 15.0. The quantitative estimate of drug-likeness (QED) is 0.172. The van der Waals surface area contributed by atoms with Crippen LogP contribution in [0.2, 0.25) is 0 Å². The fraction of sp³-hybridized carbons (Fsp3) is 0. The largest absolute Gasteiger partial charge is 0.309 e. The van der Waals surface area contributed by atoms with Gasteiger partial charge in [-0.25, -0.2) is 4.98 Å². The van der Waals surface area contributed by atoms with Crippen LogP contribution in [0.25, 0.3) is 110 Å². The number of rotatable bonds is 5. The Labute approximate surface area is 335 Å². The molecule has 58 heavy (non-hydrogen) atoms. The number of para-hydroxylation sites is 3. The molecule has 3 heterocycles. The molecular weight excluding hydrogens is 703 g/mol. The van der Waals surface area contributed by atoms with E-state index in [4.69, 9.17) is 4.98 Å². The van der Waals surface area contributed by atoms with Crippen molar-refractivity contribution < 1.29 is 0 Å². The van der Waals surface area contributed by atoms with Gasteiger partial charge in [0.2, 0.25) is 0 Å². The molecule has 0 N–H and O–H groups in total. The monoisotopic (exact) mass is 737 g/mol. The summed E-state index contributed by atoms with van der Waals surface area (Å²) in [5, 5.41) is 9.83. The molecule has 0 saturated heterocycles. The van der Waals surface area contributed by atoms with Crippen LogP contribution in [-0.4, -0.2) is 14.1 Å². The van der Waals surface area contributed by atoms with Crippen LogP contribution >= 0.6 is 0 Å². The minimum absolute atomic E-state index is 0.928. The summed E-state index contributed by atoms with van der Waals surface area (Å²) < 4.78 is 4.93. The first kappa shape index (κ1) is 32.5. The molecule has 0 bridgehead atoms. The standard InChI is InChI=1S/C55H35N3/c1-2-17-38(18-3-1)48-34-40(43-25-14-20-37-16-6-7-21-42(37)43)35-49(56-48)46-23-9-12-27-51(46)58-52-28-13-10-24-47(52)54-53(58)32-31-45-44-22-8-11-26-50(44)57(55(45)54)41-30-29-36-15-4-5-19-39(36)33-41/h1-35H. The highest BCUT2D eigenvalue weighted by Gasteiger charge is 2.23. The average Bonchev–Trinajstić information content (AvgIpc) is 3.82. The molecule has 0 aliphatic rings. The Morgan fingerprint density at radius 3 is 1.83 bits per heavy atom. The van der Waals surface area contributed by atoms with Gasteiger partial charge in [-0.2, -0.15) is 0 Å². The van der Waals surface area contributed by atoms with E-state index in [9.17, 15) is 0 Å². The Bertz CT molecular complexity index is 3570. The molecule has 0 saturated carbocycles. The molecular formula is C55H35N3. The third-order valence-electron chi connectivity index (χ3n) is 11.9. The second-order valence-electron chi connectivity index (χ2n) is 15.1. The lowest BCUT2D eigenvalue weighted by atomic mass is 9.95. The SMILES string of the molecule is c1ccc(-c2cc(-c3cccc4ccccc34)cc(-c3ccccc3-n3c4ccccc4c4c3ccc3c5ccccc5n(-c5ccc6ccccc6c5)c34)n2)cc1. The maximum atomic E-state index is 5.45. The zero-order valence-corrected chi connectivity index (χ0v) is 31.5. The van der Waals surface area contributed by atoms with Crippen molar-refractivity contribution in [2.45, 2.75) is 0 Å². The summed E-state index contributed by atoms with van der Waals surface area (Å²) in [4.78, 5) is 5.45. The van der Waals surface area contributed by atoms with Gasteiger partial charge >= 0.3 is 0 Å². The predicted octanol–water partition coefficient (Wildman–Crippen LogP) is 14.6. The zero-order valence-electron chi connectivity index (χ0n) is 31.5. The summed E-state index contributed by atoms with van der Waals surface area (Å²) in [5.41, 5.74) is 13.3. The topological polar surface area (TPSA) is 22.8 Å². The molecule has 3 aromatic heterocycles. The van der Waals surface area contributed by atoms with Crippen molar-refractivity contribution >= 4 is 65.2 Å². The van der Waals surface area contributed by atoms with E-state index in [1.165, 1.54) is 59.7 Å². The summed E-state index contributed by atoms with van der Waals surface area (Å²) >= 11 is 0. The van der Waals surface area contributed by atoms with Gasteiger partial charge in [0, 0.05) is 38.4 Å². The van der Waals surface area contributed by atoms with Gasteiger partial charge in [0.05, 0.1) is 39.1 Å². The number of nitrogens with zero attached hydrogens (tertiary/aromatic N) is 3. The lowest BCUT2D eigenvalue weighted by molar-refractivity contribution is 1.17. The Morgan fingerprint density at radius 1 is 0.328 bits per heavy atom. The molecule has 0 aliphatic carbocycles.